The average molecular weight is 666 g/mol. The number of cyclic esters (lactones) is 3. The normalized spacial score (nSPS) is 23.6. The van der Waals surface area contributed by atoms with Crippen LogP contribution < -0.4 is 5.32 Å². The molecule has 1 heterocycles. The number of carbonyl (C=O) groups is 6. The largest absolute Gasteiger partial charge is 0.451 e. The first kappa shape index (κ1) is 37.7. The Kier molecular flexibility index (Phi) is 14.1. The summed E-state index contributed by atoms with van der Waals surface area (Å²) in [5, 5.41) is 2.74. The summed E-state index contributed by atoms with van der Waals surface area (Å²) in [6, 6.07) is 16.7. The standard InChI is InChI=1S/C36H47N3O9/c1-7-23(3)31-34(43)38(5)21-30(41)47-28(20-26-17-13-10-14-18-26)36(45)48-32(24(4)8-2)35(44)39(6)22-29(40)46-27(33(42)37-31)19-25-15-11-9-12-16-25/h9-18,23-24,27-28,31-32H,7-8,19-22H2,1-6H3,(H,37,42)/t23-,24-,27?,28-,31+,32+/m1/s1. The van der Waals surface area contributed by atoms with E-state index >= 15 is 0 Å². The van der Waals surface area contributed by atoms with Crippen molar-refractivity contribution in [1.29, 1.82) is 0 Å². The zero-order chi connectivity index (χ0) is 35.4. The van der Waals surface area contributed by atoms with E-state index in [1.165, 1.54) is 14.1 Å². The third kappa shape index (κ3) is 10.6. The Balaban J connectivity index is 2.01. The van der Waals surface area contributed by atoms with Crippen molar-refractivity contribution in [3.8, 4) is 0 Å². The number of nitrogens with zero attached hydrogens (tertiary/aromatic N) is 2. The van der Waals surface area contributed by atoms with Crippen molar-refractivity contribution in [2.45, 2.75) is 77.7 Å². The fourth-order valence-corrected chi connectivity index (χ4v) is 5.16. The van der Waals surface area contributed by atoms with Gasteiger partial charge in [-0.1, -0.05) is 94.8 Å². The summed E-state index contributed by atoms with van der Waals surface area (Å²) in [4.78, 5) is 83.3. The van der Waals surface area contributed by atoms with Gasteiger partial charge in [-0.25, -0.2) is 4.79 Å². The van der Waals surface area contributed by atoms with Gasteiger partial charge in [0.15, 0.2) is 12.2 Å². The van der Waals surface area contributed by atoms with Crippen LogP contribution in [0.25, 0.3) is 0 Å². The molecule has 3 rings (SSSR count). The molecule has 12 heteroatoms. The van der Waals surface area contributed by atoms with Gasteiger partial charge in [-0.2, -0.15) is 0 Å². The van der Waals surface area contributed by atoms with Crippen LogP contribution in [0.3, 0.4) is 0 Å². The van der Waals surface area contributed by atoms with Crippen LogP contribution >= 0.6 is 0 Å². The maximum atomic E-state index is 13.7. The molecule has 6 atom stereocenters. The highest BCUT2D eigenvalue weighted by Gasteiger charge is 2.38. The number of hydrogen-bond acceptors (Lipinski definition) is 9. The highest BCUT2D eigenvalue weighted by Crippen LogP contribution is 2.19. The lowest BCUT2D eigenvalue weighted by atomic mass is 9.97. The van der Waals surface area contributed by atoms with Gasteiger partial charge >= 0.3 is 17.9 Å². The average Bonchev–Trinajstić information content (AvgIpc) is 3.07. The third-order valence-electron chi connectivity index (χ3n) is 8.54. The number of rotatable bonds is 8. The van der Waals surface area contributed by atoms with E-state index in [9.17, 15) is 28.8 Å². The topological polar surface area (TPSA) is 149 Å². The number of nitrogens with one attached hydrogen (secondary N) is 1. The van der Waals surface area contributed by atoms with Crippen molar-refractivity contribution in [1.82, 2.24) is 15.1 Å². The van der Waals surface area contributed by atoms with Gasteiger partial charge in [0.1, 0.15) is 19.1 Å². The molecule has 1 saturated heterocycles. The molecule has 0 radical (unpaired) electrons. The van der Waals surface area contributed by atoms with Gasteiger partial charge < -0.3 is 29.3 Å². The molecule has 2 aromatic carbocycles. The number of esters is 3. The number of hydrogen-bond donors (Lipinski definition) is 1. The first-order valence-electron chi connectivity index (χ1n) is 16.3. The van der Waals surface area contributed by atoms with Crippen LogP contribution in [0.5, 0.6) is 0 Å². The van der Waals surface area contributed by atoms with Gasteiger partial charge in [-0.3, -0.25) is 24.0 Å². The lowest BCUT2D eigenvalue weighted by molar-refractivity contribution is -0.178. The highest BCUT2D eigenvalue weighted by atomic mass is 16.6. The number of carbonyl (C=O) groups excluding carboxylic acids is 6. The molecule has 0 bridgehead atoms. The van der Waals surface area contributed by atoms with Crippen LogP contribution in [-0.4, -0.2) is 97.0 Å². The monoisotopic (exact) mass is 665 g/mol. The highest BCUT2D eigenvalue weighted by molar-refractivity contribution is 5.93. The van der Waals surface area contributed by atoms with Gasteiger partial charge in [0.2, 0.25) is 12.0 Å². The summed E-state index contributed by atoms with van der Waals surface area (Å²) < 4.78 is 17.0. The van der Waals surface area contributed by atoms with Crippen molar-refractivity contribution in [3.05, 3.63) is 71.8 Å². The number of likely N-dealkylation sites (N-methyl/N-ethyl adjacent to an activating group) is 2. The molecular formula is C36H47N3O9. The second kappa shape index (κ2) is 18.0. The van der Waals surface area contributed by atoms with Crippen LogP contribution in [0.1, 0.15) is 51.7 Å². The minimum atomic E-state index is -1.43. The van der Waals surface area contributed by atoms with E-state index < -0.39 is 79.0 Å². The summed E-state index contributed by atoms with van der Waals surface area (Å²) in [6.07, 6.45) is -3.14. The Morgan fingerprint density at radius 1 is 0.667 bits per heavy atom. The minimum Gasteiger partial charge on any atom is -0.451 e. The van der Waals surface area contributed by atoms with E-state index in [1.54, 1.807) is 68.4 Å². The van der Waals surface area contributed by atoms with E-state index in [1.807, 2.05) is 19.9 Å². The van der Waals surface area contributed by atoms with Crippen molar-refractivity contribution < 1.29 is 43.0 Å². The van der Waals surface area contributed by atoms with Crippen LogP contribution in [0.4, 0.5) is 0 Å². The Bertz CT molecular complexity index is 1310. The molecule has 48 heavy (non-hydrogen) atoms. The number of amides is 3. The van der Waals surface area contributed by atoms with E-state index in [-0.39, 0.29) is 18.8 Å². The predicted octanol–water partition coefficient (Wildman–Crippen LogP) is 2.71. The van der Waals surface area contributed by atoms with Crippen LogP contribution in [0, 0.1) is 11.8 Å². The lowest BCUT2D eigenvalue weighted by Crippen LogP contribution is -2.55. The van der Waals surface area contributed by atoms with Crippen molar-refractivity contribution in [2.75, 3.05) is 27.2 Å². The molecule has 0 aliphatic carbocycles. The lowest BCUT2D eigenvalue weighted by Gasteiger charge is -2.31. The molecule has 0 saturated carbocycles. The van der Waals surface area contributed by atoms with Gasteiger partial charge in [-0.05, 0) is 23.5 Å². The molecule has 260 valence electrons. The van der Waals surface area contributed by atoms with Crippen LogP contribution in [0.2, 0.25) is 0 Å². The van der Waals surface area contributed by atoms with E-state index in [0.717, 1.165) is 9.80 Å². The van der Waals surface area contributed by atoms with E-state index in [0.29, 0.717) is 24.0 Å². The second-order valence-corrected chi connectivity index (χ2v) is 12.3. The van der Waals surface area contributed by atoms with Gasteiger partial charge in [0.05, 0.1) is 0 Å². The van der Waals surface area contributed by atoms with Crippen LogP contribution in [-0.2, 0) is 55.8 Å². The first-order valence-corrected chi connectivity index (χ1v) is 16.3. The summed E-state index contributed by atoms with van der Waals surface area (Å²) in [6.45, 7) is 6.10. The number of benzene rings is 2. The van der Waals surface area contributed by atoms with E-state index in [2.05, 4.69) is 5.32 Å². The summed E-state index contributed by atoms with van der Waals surface area (Å²) in [5.41, 5.74) is 1.38. The predicted molar refractivity (Wildman–Crippen MR) is 176 cm³/mol. The molecule has 1 fully saturated rings. The quantitative estimate of drug-likeness (QED) is 0.332. The fourth-order valence-electron chi connectivity index (χ4n) is 5.16. The molecule has 2 aromatic rings. The molecule has 1 aliphatic rings. The second-order valence-electron chi connectivity index (χ2n) is 12.3. The maximum absolute atomic E-state index is 13.7. The zero-order valence-electron chi connectivity index (χ0n) is 28.5. The maximum Gasteiger partial charge on any atom is 0.348 e. The SMILES string of the molecule is CC[C@@H](C)[C@@H]1NC(=O)C(Cc2ccccc2)OC(=O)CN(C)C(=O)[C@H]([C@H](C)CC)OC(=O)[C@@H](Cc2ccccc2)OC(=O)CN(C)C1=O. The molecule has 0 spiro atoms. The Morgan fingerprint density at radius 3 is 1.62 bits per heavy atom. The van der Waals surface area contributed by atoms with Crippen molar-refractivity contribution in [3.63, 3.8) is 0 Å². The Hall–Kier alpha value is -4.74. The third-order valence-corrected chi connectivity index (χ3v) is 8.54. The molecule has 0 aromatic heterocycles. The molecule has 1 unspecified atom stereocenters. The van der Waals surface area contributed by atoms with Gasteiger partial charge in [-0.15, -0.1) is 0 Å². The molecule has 1 N–H and O–H groups in total. The van der Waals surface area contributed by atoms with Gasteiger partial charge in [0.25, 0.3) is 11.8 Å². The Labute approximate surface area is 282 Å². The Morgan fingerprint density at radius 2 is 1.12 bits per heavy atom. The minimum absolute atomic E-state index is 0.00949. The van der Waals surface area contributed by atoms with Crippen molar-refractivity contribution >= 4 is 35.6 Å². The molecular weight excluding hydrogens is 618 g/mol. The summed E-state index contributed by atoms with van der Waals surface area (Å²) in [7, 11) is 2.76. The summed E-state index contributed by atoms with van der Waals surface area (Å²) in [5.74, 6) is -5.43. The zero-order valence-corrected chi connectivity index (χ0v) is 28.5. The number of ether oxygens (including phenoxy) is 3. The smallest absolute Gasteiger partial charge is 0.348 e. The first-order chi connectivity index (χ1) is 22.8. The van der Waals surface area contributed by atoms with Gasteiger partial charge in [0, 0.05) is 32.9 Å². The molecule has 12 nitrogen and oxygen atoms in total. The van der Waals surface area contributed by atoms with Crippen molar-refractivity contribution in [2.24, 2.45) is 11.8 Å². The van der Waals surface area contributed by atoms with Crippen LogP contribution in [0.15, 0.2) is 60.7 Å². The molecule has 3 amide bonds. The van der Waals surface area contributed by atoms with E-state index in [4.69, 9.17) is 14.2 Å². The fraction of sp³-hybridized carbons (Fsp3) is 0.500. The summed E-state index contributed by atoms with van der Waals surface area (Å²) >= 11 is 0. The molecule has 1 aliphatic heterocycles.